The first-order valence-corrected chi connectivity index (χ1v) is 8.93. The predicted molar refractivity (Wildman–Crippen MR) is 84.3 cm³/mol. The largest absolute Gasteiger partial charge is 0.317 e. The molecule has 1 rings (SSSR count). The number of hydrogen-bond donors (Lipinski definition) is 2. The molecule has 108 valence electrons. The molecule has 0 unspecified atom stereocenters. The smallest absolute Gasteiger partial charge is 0.232 e. The lowest BCUT2D eigenvalue weighted by atomic mass is 10.3. The van der Waals surface area contributed by atoms with E-state index in [1.807, 2.05) is 0 Å². The van der Waals surface area contributed by atoms with Gasteiger partial charge in [-0.1, -0.05) is 34.5 Å². The molecule has 0 radical (unpaired) electrons. The van der Waals surface area contributed by atoms with Crippen LogP contribution in [0, 0.1) is 0 Å². The van der Waals surface area contributed by atoms with Gasteiger partial charge in [-0.05, 0) is 44.1 Å². The molecule has 7 heteroatoms. The molecule has 19 heavy (non-hydrogen) atoms. The monoisotopic (exact) mass is 368 g/mol. The lowest BCUT2D eigenvalue weighted by Gasteiger charge is -2.10. The van der Waals surface area contributed by atoms with Crippen molar-refractivity contribution in [2.24, 2.45) is 0 Å². The van der Waals surface area contributed by atoms with Gasteiger partial charge < -0.3 is 5.32 Å². The molecule has 0 spiro atoms. The van der Waals surface area contributed by atoms with Gasteiger partial charge in [0.05, 0.1) is 16.5 Å². The van der Waals surface area contributed by atoms with Crippen LogP contribution in [0.25, 0.3) is 0 Å². The van der Waals surface area contributed by atoms with E-state index in [1.165, 1.54) is 0 Å². The quantitative estimate of drug-likeness (QED) is 0.692. The fraction of sp³-hybridized carbons (Fsp3) is 0.500. The normalized spacial score (nSPS) is 11.5. The van der Waals surface area contributed by atoms with Gasteiger partial charge in [0.2, 0.25) is 10.0 Å². The van der Waals surface area contributed by atoms with E-state index >= 15 is 0 Å². The third-order valence-electron chi connectivity index (χ3n) is 2.39. The number of rotatable bonds is 8. The van der Waals surface area contributed by atoms with Crippen LogP contribution in [0.5, 0.6) is 0 Å². The van der Waals surface area contributed by atoms with Crippen LogP contribution in [0.15, 0.2) is 22.7 Å². The maximum atomic E-state index is 11.9. The van der Waals surface area contributed by atoms with Crippen molar-refractivity contribution < 1.29 is 8.42 Å². The molecule has 0 atom stereocenters. The van der Waals surface area contributed by atoms with Crippen molar-refractivity contribution in [1.29, 1.82) is 0 Å². The molecule has 0 heterocycles. The average molecular weight is 370 g/mol. The Bertz CT molecular complexity index is 508. The molecule has 1 aromatic rings. The second-order valence-corrected chi connectivity index (χ2v) is 7.31. The molecule has 0 amide bonds. The summed E-state index contributed by atoms with van der Waals surface area (Å²) in [7, 11) is -3.35. The lowest BCUT2D eigenvalue weighted by molar-refractivity contribution is 0.593. The van der Waals surface area contributed by atoms with Gasteiger partial charge >= 0.3 is 0 Å². The highest BCUT2D eigenvalue weighted by Gasteiger charge is 2.12. The fourth-order valence-corrected chi connectivity index (χ4v) is 3.40. The van der Waals surface area contributed by atoms with E-state index in [0.29, 0.717) is 23.7 Å². The van der Waals surface area contributed by atoms with Gasteiger partial charge in [-0.15, -0.1) is 0 Å². The van der Waals surface area contributed by atoms with Crippen LogP contribution >= 0.6 is 27.5 Å². The van der Waals surface area contributed by atoms with Crippen LogP contribution in [0.4, 0.5) is 5.69 Å². The number of hydrogen-bond acceptors (Lipinski definition) is 3. The molecular weight excluding hydrogens is 352 g/mol. The summed E-state index contributed by atoms with van der Waals surface area (Å²) in [5.41, 5.74) is 0.409. The van der Waals surface area contributed by atoms with Crippen molar-refractivity contribution in [2.45, 2.75) is 19.8 Å². The number of benzene rings is 1. The summed E-state index contributed by atoms with van der Waals surface area (Å²) in [5.74, 6) is 0.0795. The number of sulfonamides is 1. The SMILES string of the molecule is CCCNCCCS(=O)(=O)Nc1ccc(Br)cc1Cl. The van der Waals surface area contributed by atoms with E-state index in [1.54, 1.807) is 18.2 Å². The molecule has 1 aromatic carbocycles. The minimum absolute atomic E-state index is 0.0795. The zero-order chi connectivity index (χ0) is 14.3. The Kier molecular flexibility index (Phi) is 7.13. The molecule has 0 saturated heterocycles. The summed E-state index contributed by atoms with van der Waals surface area (Å²) in [6, 6.07) is 5.04. The molecule has 0 saturated carbocycles. The van der Waals surface area contributed by atoms with E-state index in [9.17, 15) is 8.42 Å². The summed E-state index contributed by atoms with van der Waals surface area (Å²) in [4.78, 5) is 0. The Balaban J connectivity index is 2.50. The molecule has 0 aromatic heterocycles. The molecular formula is C12H18BrClN2O2S. The summed E-state index contributed by atoms with van der Waals surface area (Å²) >= 11 is 9.24. The lowest BCUT2D eigenvalue weighted by Crippen LogP contribution is -2.22. The first-order valence-electron chi connectivity index (χ1n) is 6.11. The Morgan fingerprint density at radius 3 is 2.68 bits per heavy atom. The van der Waals surface area contributed by atoms with E-state index in [0.717, 1.165) is 17.4 Å². The Morgan fingerprint density at radius 1 is 1.32 bits per heavy atom. The van der Waals surface area contributed by atoms with Crippen LogP contribution in [0.2, 0.25) is 5.02 Å². The molecule has 2 N–H and O–H groups in total. The fourth-order valence-electron chi connectivity index (χ4n) is 1.48. The average Bonchev–Trinajstić information content (AvgIpc) is 2.32. The van der Waals surface area contributed by atoms with Gasteiger partial charge in [0.25, 0.3) is 0 Å². The highest BCUT2D eigenvalue weighted by molar-refractivity contribution is 9.10. The van der Waals surface area contributed by atoms with Crippen LogP contribution in [-0.2, 0) is 10.0 Å². The van der Waals surface area contributed by atoms with Crippen LogP contribution in [0.1, 0.15) is 19.8 Å². The van der Waals surface area contributed by atoms with Gasteiger partial charge in [0.1, 0.15) is 0 Å². The standard InChI is InChI=1S/C12H18BrClN2O2S/c1-2-6-15-7-3-8-19(17,18)16-12-5-4-10(13)9-11(12)14/h4-5,9,15-16H,2-3,6-8H2,1H3. The topological polar surface area (TPSA) is 58.2 Å². The Labute approximate surface area is 128 Å². The van der Waals surface area contributed by atoms with Crippen LogP contribution in [-0.4, -0.2) is 27.3 Å². The highest BCUT2D eigenvalue weighted by atomic mass is 79.9. The number of anilines is 1. The van der Waals surface area contributed by atoms with Crippen molar-refractivity contribution in [2.75, 3.05) is 23.6 Å². The van der Waals surface area contributed by atoms with Crippen LogP contribution < -0.4 is 10.0 Å². The van der Waals surface area contributed by atoms with Gasteiger partial charge in [0, 0.05) is 4.47 Å². The first-order chi connectivity index (χ1) is 8.94. The highest BCUT2D eigenvalue weighted by Crippen LogP contribution is 2.26. The first kappa shape index (κ1) is 16.8. The maximum absolute atomic E-state index is 11.9. The zero-order valence-electron chi connectivity index (χ0n) is 10.7. The van der Waals surface area contributed by atoms with Crippen molar-refractivity contribution in [1.82, 2.24) is 5.32 Å². The number of halogens is 2. The predicted octanol–water partition coefficient (Wildman–Crippen LogP) is 3.23. The third kappa shape index (κ3) is 6.61. The molecule has 4 nitrogen and oxygen atoms in total. The van der Waals surface area contributed by atoms with Crippen LogP contribution in [0.3, 0.4) is 0 Å². The van der Waals surface area contributed by atoms with Gasteiger partial charge in [0.15, 0.2) is 0 Å². The van der Waals surface area contributed by atoms with Gasteiger partial charge in [-0.2, -0.15) is 0 Å². The second kappa shape index (κ2) is 8.09. The summed E-state index contributed by atoms with van der Waals surface area (Å²) in [5, 5.41) is 3.54. The molecule has 0 aliphatic rings. The van der Waals surface area contributed by atoms with E-state index in [2.05, 4.69) is 32.9 Å². The van der Waals surface area contributed by atoms with Crippen molar-refractivity contribution in [3.8, 4) is 0 Å². The minimum Gasteiger partial charge on any atom is -0.317 e. The summed E-state index contributed by atoms with van der Waals surface area (Å²) in [6.07, 6.45) is 1.61. The second-order valence-electron chi connectivity index (χ2n) is 4.15. The summed E-state index contributed by atoms with van der Waals surface area (Å²) in [6.45, 7) is 3.68. The maximum Gasteiger partial charge on any atom is 0.232 e. The molecule has 0 aliphatic carbocycles. The number of nitrogens with one attached hydrogen (secondary N) is 2. The van der Waals surface area contributed by atoms with Crippen molar-refractivity contribution in [3.63, 3.8) is 0 Å². The minimum atomic E-state index is -3.35. The third-order valence-corrected chi connectivity index (χ3v) is 4.55. The van der Waals surface area contributed by atoms with Gasteiger partial charge in [-0.3, -0.25) is 4.72 Å². The van der Waals surface area contributed by atoms with E-state index in [4.69, 9.17) is 11.6 Å². The van der Waals surface area contributed by atoms with Crippen molar-refractivity contribution >= 4 is 43.2 Å². The molecule has 0 fully saturated rings. The zero-order valence-corrected chi connectivity index (χ0v) is 13.9. The molecule has 0 aliphatic heterocycles. The molecule has 0 bridgehead atoms. The van der Waals surface area contributed by atoms with Gasteiger partial charge in [-0.25, -0.2) is 8.42 Å². The van der Waals surface area contributed by atoms with E-state index in [-0.39, 0.29) is 5.75 Å². The Hall–Kier alpha value is -0.300. The van der Waals surface area contributed by atoms with Crippen molar-refractivity contribution in [3.05, 3.63) is 27.7 Å². The summed E-state index contributed by atoms with van der Waals surface area (Å²) < 4.78 is 27.0. The Morgan fingerprint density at radius 2 is 2.05 bits per heavy atom. The van der Waals surface area contributed by atoms with E-state index < -0.39 is 10.0 Å².